The number of aliphatic imine (C=N–C) groups is 1. The number of carbonyl (C=O) groups excluding carboxylic acids is 1. The molecule has 1 amide bonds. The predicted octanol–water partition coefficient (Wildman–Crippen LogP) is 2.70. The summed E-state index contributed by atoms with van der Waals surface area (Å²) in [7, 11) is 1.74. The van der Waals surface area contributed by atoms with Crippen LogP contribution in [0.15, 0.2) is 53.5 Å². The summed E-state index contributed by atoms with van der Waals surface area (Å²) < 4.78 is 5.71. The fourth-order valence-electron chi connectivity index (χ4n) is 2.43. The third-order valence-electron chi connectivity index (χ3n) is 3.58. The first-order chi connectivity index (χ1) is 12.6. The van der Waals surface area contributed by atoms with E-state index in [0.29, 0.717) is 25.4 Å². The highest BCUT2D eigenvalue weighted by atomic mass is 16.5. The topological polar surface area (TPSA) is 74.8 Å². The Morgan fingerprint density at radius 2 is 1.92 bits per heavy atom. The summed E-state index contributed by atoms with van der Waals surface area (Å²) in [4.78, 5) is 15.3. The van der Waals surface area contributed by atoms with Crippen molar-refractivity contribution in [3.05, 3.63) is 59.7 Å². The van der Waals surface area contributed by atoms with Gasteiger partial charge < -0.3 is 20.7 Å². The first kappa shape index (κ1) is 19.3. The van der Waals surface area contributed by atoms with Crippen molar-refractivity contribution >= 4 is 17.6 Å². The number of nitrogens with zero attached hydrogens (tertiary/aromatic N) is 1. The molecule has 0 heterocycles. The summed E-state index contributed by atoms with van der Waals surface area (Å²) in [6, 6.07) is 15.7. The molecule has 0 saturated carbocycles. The minimum atomic E-state index is -0.104. The highest BCUT2D eigenvalue weighted by Crippen LogP contribution is 2.17. The Morgan fingerprint density at radius 1 is 1.12 bits per heavy atom. The Bertz CT molecular complexity index is 759. The maximum atomic E-state index is 11.1. The largest absolute Gasteiger partial charge is 0.492 e. The normalized spacial score (nSPS) is 11.0. The number of hydrogen-bond donors (Lipinski definition) is 3. The molecule has 3 N–H and O–H groups in total. The van der Waals surface area contributed by atoms with Gasteiger partial charge in [0.05, 0.1) is 6.54 Å². The number of hydrogen-bond acceptors (Lipinski definition) is 3. The number of amides is 1. The lowest BCUT2D eigenvalue weighted by Gasteiger charge is -2.13. The second-order valence-electron chi connectivity index (χ2n) is 5.90. The van der Waals surface area contributed by atoms with Gasteiger partial charge in [-0.05, 0) is 24.6 Å². The van der Waals surface area contributed by atoms with E-state index < -0.39 is 0 Å². The molecule has 2 aromatic rings. The maximum Gasteiger partial charge on any atom is 0.221 e. The molecule has 6 heteroatoms. The van der Waals surface area contributed by atoms with Crippen LogP contribution in [0.5, 0.6) is 5.75 Å². The van der Waals surface area contributed by atoms with Gasteiger partial charge in [0.25, 0.3) is 0 Å². The van der Waals surface area contributed by atoms with E-state index in [1.165, 1.54) is 18.1 Å². The smallest absolute Gasteiger partial charge is 0.221 e. The first-order valence-corrected chi connectivity index (χ1v) is 8.57. The zero-order valence-corrected chi connectivity index (χ0v) is 15.5. The van der Waals surface area contributed by atoms with Gasteiger partial charge in [0.1, 0.15) is 12.4 Å². The minimum Gasteiger partial charge on any atom is -0.492 e. The fraction of sp³-hybridized carbons (Fsp3) is 0.300. The number of ether oxygens (including phenoxy) is 1. The van der Waals surface area contributed by atoms with Crippen LogP contribution >= 0.6 is 0 Å². The van der Waals surface area contributed by atoms with Crippen LogP contribution in [-0.4, -0.2) is 32.1 Å². The van der Waals surface area contributed by atoms with Crippen LogP contribution < -0.4 is 20.7 Å². The monoisotopic (exact) mass is 354 g/mol. The van der Waals surface area contributed by atoms with E-state index in [0.717, 1.165) is 11.6 Å². The Hall–Kier alpha value is -3.02. The number of rotatable bonds is 7. The third kappa shape index (κ3) is 6.84. The predicted molar refractivity (Wildman–Crippen MR) is 106 cm³/mol. The Kier molecular flexibility index (Phi) is 7.49. The van der Waals surface area contributed by atoms with Crippen molar-refractivity contribution in [3.63, 3.8) is 0 Å². The van der Waals surface area contributed by atoms with Gasteiger partial charge in [-0.1, -0.05) is 35.9 Å². The van der Waals surface area contributed by atoms with Crippen LogP contribution in [0, 0.1) is 6.92 Å². The first-order valence-electron chi connectivity index (χ1n) is 8.57. The third-order valence-corrected chi connectivity index (χ3v) is 3.58. The van der Waals surface area contributed by atoms with E-state index in [9.17, 15) is 4.79 Å². The number of aryl methyl sites for hydroxylation is 1. The van der Waals surface area contributed by atoms with E-state index >= 15 is 0 Å². The van der Waals surface area contributed by atoms with Crippen LogP contribution in [0.1, 0.15) is 18.1 Å². The van der Waals surface area contributed by atoms with Gasteiger partial charge in [0.15, 0.2) is 5.96 Å². The number of guanidine groups is 1. The van der Waals surface area contributed by atoms with Crippen molar-refractivity contribution in [1.82, 2.24) is 10.6 Å². The molecule has 0 aliphatic carbocycles. The number of nitrogens with one attached hydrogen (secondary N) is 3. The standard InChI is InChI=1S/C20H26N4O2/c1-15-6-4-7-17(12-15)14-23-20(21-3)22-10-11-26-19-9-5-8-18(13-19)24-16(2)25/h4-9,12-13H,10-11,14H2,1-3H3,(H,24,25)(H2,21,22,23). The molecule has 2 aromatic carbocycles. The minimum absolute atomic E-state index is 0.104. The maximum absolute atomic E-state index is 11.1. The van der Waals surface area contributed by atoms with Gasteiger partial charge in [-0.2, -0.15) is 0 Å². The van der Waals surface area contributed by atoms with E-state index in [1.807, 2.05) is 24.3 Å². The molecule has 6 nitrogen and oxygen atoms in total. The Balaban J connectivity index is 1.73. The van der Waals surface area contributed by atoms with Crippen molar-refractivity contribution in [1.29, 1.82) is 0 Å². The van der Waals surface area contributed by atoms with Crippen LogP contribution in [0.25, 0.3) is 0 Å². The van der Waals surface area contributed by atoms with Crippen LogP contribution in [-0.2, 0) is 11.3 Å². The quantitative estimate of drug-likeness (QED) is 0.406. The summed E-state index contributed by atoms with van der Waals surface area (Å²) in [5.41, 5.74) is 3.17. The average Bonchev–Trinajstić information content (AvgIpc) is 2.61. The second kappa shape index (κ2) is 10.1. The van der Waals surface area contributed by atoms with Gasteiger partial charge in [0, 0.05) is 32.3 Å². The van der Waals surface area contributed by atoms with Crippen molar-refractivity contribution in [2.45, 2.75) is 20.4 Å². The number of anilines is 1. The second-order valence-corrected chi connectivity index (χ2v) is 5.90. The van der Waals surface area contributed by atoms with Crippen LogP contribution in [0.3, 0.4) is 0 Å². The van der Waals surface area contributed by atoms with Crippen LogP contribution in [0.2, 0.25) is 0 Å². The zero-order chi connectivity index (χ0) is 18.8. The van der Waals surface area contributed by atoms with Crippen molar-refractivity contribution < 1.29 is 9.53 Å². The van der Waals surface area contributed by atoms with E-state index in [-0.39, 0.29) is 5.91 Å². The Morgan fingerprint density at radius 3 is 2.65 bits per heavy atom. The molecule has 0 fully saturated rings. The lowest BCUT2D eigenvalue weighted by Crippen LogP contribution is -2.38. The molecule has 0 saturated heterocycles. The molecule has 0 aliphatic rings. The van der Waals surface area contributed by atoms with Crippen molar-refractivity contribution in [2.75, 3.05) is 25.5 Å². The summed E-state index contributed by atoms with van der Waals surface area (Å²) in [6.07, 6.45) is 0. The molecule has 0 aliphatic heterocycles. The van der Waals surface area contributed by atoms with Gasteiger partial charge in [-0.3, -0.25) is 9.79 Å². The van der Waals surface area contributed by atoms with Gasteiger partial charge in [-0.25, -0.2) is 0 Å². The molecular weight excluding hydrogens is 328 g/mol. The highest BCUT2D eigenvalue weighted by Gasteiger charge is 2.01. The zero-order valence-electron chi connectivity index (χ0n) is 15.5. The van der Waals surface area contributed by atoms with E-state index in [4.69, 9.17) is 4.74 Å². The molecule has 2 rings (SSSR count). The average molecular weight is 354 g/mol. The summed E-state index contributed by atoms with van der Waals surface area (Å²) in [5, 5.41) is 9.23. The lowest BCUT2D eigenvalue weighted by atomic mass is 10.1. The van der Waals surface area contributed by atoms with Crippen molar-refractivity contribution in [2.24, 2.45) is 4.99 Å². The molecule has 0 spiro atoms. The van der Waals surface area contributed by atoms with E-state index in [2.05, 4.69) is 46.1 Å². The summed E-state index contributed by atoms with van der Waals surface area (Å²) in [5.74, 6) is 1.33. The highest BCUT2D eigenvalue weighted by molar-refractivity contribution is 5.88. The number of carbonyl (C=O) groups is 1. The van der Waals surface area contributed by atoms with E-state index in [1.54, 1.807) is 13.1 Å². The SMILES string of the molecule is CN=C(NCCOc1cccc(NC(C)=O)c1)NCc1cccc(C)c1. The molecule has 138 valence electrons. The van der Waals surface area contributed by atoms with Crippen molar-refractivity contribution in [3.8, 4) is 5.75 Å². The molecule has 26 heavy (non-hydrogen) atoms. The number of benzene rings is 2. The summed E-state index contributed by atoms with van der Waals surface area (Å²) >= 11 is 0. The molecule has 0 bridgehead atoms. The van der Waals surface area contributed by atoms with Gasteiger partial charge in [0.2, 0.25) is 5.91 Å². The fourth-order valence-corrected chi connectivity index (χ4v) is 2.43. The molecule has 0 unspecified atom stereocenters. The molecular formula is C20H26N4O2. The molecule has 0 atom stereocenters. The Labute approximate surface area is 154 Å². The summed E-state index contributed by atoms with van der Waals surface area (Å²) in [6.45, 7) is 5.36. The lowest BCUT2D eigenvalue weighted by molar-refractivity contribution is -0.114. The van der Waals surface area contributed by atoms with Gasteiger partial charge >= 0.3 is 0 Å². The molecule has 0 radical (unpaired) electrons. The van der Waals surface area contributed by atoms with Crippen LogP contribution in [0.4, 0.5) is 5.69 Å². The van der Waals surface area contributed by atoms with Gasteiger partial charge in [-0.15, -0.1) is 0 Å². The molecule has 0 aromatic heterocycles.